The Hall–Kier alpha value is -2.63. The Labute approximate surface area is 161 Å². The quantitative estimate of drug-likeness (QED) is 0.411. The molecule has 0 saturated carbocycles. The molecule has 0 unspecified atom stereocenters. The zero-order valence-corrected chi connectivity index (χ0v) is 15.5. The highest BCUT2D eigenvalue weighted by Gasteiger charge is 2.17. The van der Waals surface area contributed by atoms with Crippen LogP contribution < -0.4 is 0 Å². The van der Waals surface area contributed by atoms with E-state index in [9.17, 15) is 0 Å². The molecule has 5 heteroatoms. The van der Waals surface area contributed by atoms with E-state index < -0.39 is 0 Å². The fourth-order valence-corrected chi connectivity index (χ4v) is 4.34. The van der Waals surface area contributed by atoms with Crippen LogP contribution in [-0.4, -0.2) is 15.0 Å². The average Bonchev–Trinajstić information content (AvgIpc) is 2.70. The largest absolute Gasteiger partial charge is 0.256 e. The van der Waals surface area contributed by atoms with Gasteiger partial charge in [-0.25, -0.2) is 9.97 Å². The molecule has 4 aromatic rings. The first-order chi connectivity index (χ1) is 12.9. The monoisotopic (exact) mass is 373 g/mol. The molecule has 2 heterocycles. The third-order valence-electron chi connectivity index (χ3n) is 3.61. The summed E-state index contributed by atoms with van der Waals surface area (Å²) in [4.78, 5) is 15.9. The average molecular weight is 374 g/mol. The number of hydrogen-bond acceptors (Lipinski definition) is 5. The van der Waals surface area contributed by atoms with Crippen molar-refractivity contribution in [2.45, 2.75) is 19.8 Å². The topological polar surface area (TPSA) is 38.7 Å². The molecule has 3 nitrogen and oxygen atoms in total. The fraction of sp³-hybridized carbons (Fsp3) is 0. The molecule has 0 spiro atoms. The van der Waals surface area contributed by atoms with Crippen molar-refractivity contribution in [2.24, 2.45) is 0 Å². The highest BCUT2D eigenvalue weighted by molar-refractivity contribution is 8.00. The van der Waals surface area contributed by atoms with Crippen molar-refractivity contribution in [1.82, 2.24) is 15.0 Å². The van der Waals surface area contributed by atoms with Crippen LogP contribution in [0, 0.1) is 0 Å². The lowest BCUT2D eigenvalue weighted by molar-refractivity contribution is 0.964. The minimum atomic E-state index is 0.880. The second kappa shape index (κ2) is 8.17. The van der Waals surface area contributed by atoms with Gasteiger partial charge in [0, 0.05) is 16.0 Å². The Morgan fingerprint density at radius 1 is 0.538 bits per heavy atom. The van der Waals surface area contributed by atoms with Gasteiger partial charge < -0.3 is 0 Å². The van der Waals surface area contributed by atoms with Crippen LogP contribution in [0.4, 0.5) is 0 Å². The number of aromatic nitrogens is 3. The summed E-state index contributed by atoms with van der Waals surface area (Å²) in [5.74, 6) is 0. The number of hydrogen-bond donors (Lipinski definition) is 0. The van der Waals surface area contributed by atoms with E-state index in [1.54, 1.807) is 36.0 Å². The first kappa shape index (κ1) is 16.8. The third-order valence-corrected chi connectivity index (χ3v) is 5.64. The number of rotatable bonds is 5. The Bertz CT molecular complexity index is 918. The summed E-state index contributed by atoms with van der Waals surface area (Å²) in [7, 11) is 0. The van der Waals surface area contributed by atoms with Crippen LogP contribution in [-0.2, 0) is 0 Å². The van der Waals surface area contributed by atoms with Crippen molar-refractivity contribution >= 4 is 23.5 Å². The van der Waals surface area contributed by atoms with Crippen LogP contribution in [0.5, 0.6) is 0 Å². The lowest BCUT2D eigenvalue weighted by atomic mass is 10.2. The van der Waals surface area contributed by atoms with Gasteiger partial charge >= 0.3 is 0 Å². The molecule has 0 aliphatic heterocycles. The van der Waals surface area contributed by atoms with Crippen molar-refractivity contribution < 1.29 is 0 Å². The maximum absolute atomic E-state index is 4.55. The minimum absolute atomic E-state index is 0.880. The van der Waals surface area contributed by atoms with Crippen LogP contribution >= 0.6 is 23.5 Å². The Morgan fingerprint density at radius 2 is 1.08 bits per heavy atom. The molecule has 0 N–H and O–H groups in total. The zero-order valence-electron chi connectivity index (χ0n) is 13.8. The van der Waals surface area contributed by atoms with Crippen LogP contribution in [0.15, 0.2) is 111 Å². The van der Waals surface area contributed by atoms with Gasteiger partial charge in [0.15, 0.2) is 0 Å². The highest BCUT2D eigenvalue weighted by Crippen LogP contribution is 2.40. The van der Waals surface area contributed by atoms with Gasteiger partial charge in [-0.2, -0.15) is 0 Å². The standard InChI is InChI=1S/C21H15N3S2/c1-3-9-16(10-4-1)25-20-19(18-13-7-8-14-22-18)21(24-15-23-20)26-17-11-5-2-6-12-17/h1-15H. The van der Waals surface area contributed by atoms with E-state index in [1.165, 1.54) is 0 Å². The van der Waals surface area contributed by atoms with Crippen LogP contribution in [0.1, 0.15) is 0 Å². The normalized spacial score (nSPS) is 10.6. The molecule has 0 aliphatic carbocycles. The van der Waals surface area contributed by atoms with Crippen molar-refractivity contribution in [3.8, 4) is 11.3 Å². The van der Waals surface area contributed by atoms with Crippen molar-refractivity contribution in [2.75, 3.05) is 0 Å². The summed E-state index contributed by atoms with van der Waals surface area (Å²) in [5, 5.41) is 1.81. The molecule has 126 valence electrons. The van der Waals surface area contributed by atoms with E-state index in [1.807, 2.05) is 54.6 Å². The molecule has 2 aromatic heterocycles. The van der Waals surface area contributed by atoms with Gasteiger partial charge in [-0.3, -0.25) is 4.98 Å². The van der Waals surface area contributed by atoms with Gasteiger partial charge in [-0.15, -0.1) is 0 Å². The Balaban J connectivity index is 1.79. The second-order valence-corrected chi connectivity index (χ2v) is 7.53. The molecular formula is C21H15N3S2. The molecule has 0 fully saturated rings. The van der Waals surface area contributed by atoms with E-state index in [2.05, 4.69) is 39.2 Å². The number of benzene rings is 2. The van der Waals surface area contributed by atoms with Crippen molar-refractivity contribution in [3.05, 3.63) is 91.4 Å². The van der Waals surface area contributed by atoms with Crippen LogP contribution in [0.3, 0.4) is 0 Å². The smallest absolute Gasteiger partial charge is 0.118 e. The minimum Gasteiger partial charge on any atom is -0.256 e. The summed E-state index contributed by atoms with van der Waals surface area (Å²) in [6, 6.07) is 26.4. The SMILES string of the molecule is c1ccc(Sc2ncnc(Sc3ccccc3)c2-c2ccccn2)cc1. The summed E-state index contributed by atoms with van der Waals surface area (Å²) in [5.41, 5.74) is 1.85. The van der Waals surface area contributed by atoms with Crippen molar-refractivity contribution in [1.29, 1.82) is 0 Å². The zero-order chi connectivity index (χ0) is 17.6. The molecule has 2 aromatic carbocycles. The number of nitrogens with zero attached hydrogens (tertiary/aromatic N) is 3. The van der Waals surface area contributed by atoms with E-state index in [0.29, 0.717) is 0 Å². The van der Waals surface area contributed by atoms with E-state index in [0.717, 1.165) is 31.1 Å². The Kier molecular flexibility index (Phi) is 5.28. The van der Waals surface area contributed by atoms with Gasteiger partial charge in [0.1, 0.15) is 16.4 Å². The summed E-state index contributed by atoms with van der Waals surface area (Å²) in [6.45, 7) is 0. The number of pyridine rings is 1. The van der Waals surface area contributed by atoms with Gasteiger partial charge in [0.25, 0.3) is 0 Å². The van der Waals surface area contributed by atoms with E-state index in [4.69, 9.17) is 0 Å². The second-order valence-electron chi connectivity index (χ2n) is 5.40. The van der Waals surface area contributed by atoms with E-state index in [-0.39, 0.29) is 0 Å². The molecular weight excluding hydrogens is 358 g/mol. The predicted molar refractivity (Wildman–Crippen MR) is 106 cm³/mol. The fourth-order valence-electron chi connectivity index (χ4n) is 2.44. The van der Waals surface area contributed by atoms with Crippen LogP contribution in [0.25, 0.3) is 11.3 Å². The van der Waals surface area contributed by atoms with Gasteiger partial charge in [-0.05, 0) is 36.4 Å². The van der Waals surface area contributed by atoms with E-state index >= 15 is 0 Å². The van der Waals surface area contributed by atoms with Crippen LogP contribution in [0.2, 0.25) is 0 Å². The maximum Gasteiger partial charge on any atom is 0.118 e. The lowest BCUT2D eigenvalue weighted by Gasteiger charge is -2.12. The first-order valence-corrected chi connectivity index (χ1v) is 9.75. The first-order valence-electron chi connectivity index (χ1n) is 8.12. The molecule has 0 radical (unpaired) electrons. The summed E-state index contributed by atoms with van der Waals surface area (Å²) in [6.07, 6.45) is 3.43. The Morgan fingerprint density at radius 3 is 1.58 bits per heavy atom. The molecule has 4 rings (SSSR count). The summed E-state index contributed by atoms with van der Waals surface area (Å²) >= 11 is 3.26. The lowest BCUT2D eigenvalue weighted by Crippen LogP contribution is -1.95. The highest BCUT2D eigenvalue weighted by atomic mass is 32.2. The third kappa shape index (κ3) is 3.95. The van der Waals surface area contributed by atoms with Crippen molar-refractivity contribution in [3.63, 3.8) is 0 Å². The molecule has 26 heavy (non-hydrogen) atoms. The molecule has 0 aliphatic rings. The molecule has 0 atom stereocenters. The molecule has 0 saturated heterocycles. The molecule has 0 bridgehead atoms. The van der Waals surface area contributed by atoms with Gasteiger partial charge in [0.05, 0.1) is 11.3 Å². The molecule has 0 amide bonds. The predicted octanol–water partition coefficient (Wildman–Crippen LogP) is 5.84. The maximum atomic E-state index is 4.55. The van der Waals surface area contributed by atoms with Gasteiger partial charge in [0.2, 0.25) is 0 Å². The van der Waals surface area contributed by atoms with Gasteiger partial charge in [-0.1, -0.05) is 66.0 Å². The summed E-state index contributed by atoms with van der Waals surface area (Å²) < 4.78 is 0.